The molecular weight excluding hydrogens is 152 g/mol. The minimum atomic E-state index is 0.0983. The summed E-state index contributed by atoms with van der Waals surface area (Å²) in [6.07, 6.45) is 5.61. The number of nitrogens with zero attached hydrogens (tertiary/aromatic N) is 4. The summed E-state index contributed by atoms with van der Waals surface area (Å²) in [6.45, 7) is 3.93. The third-order valence-corrected chi connectivity index (χ3v) is 1.90. The lowest BCUT2D eigenvalue weighted by molar-refractivity contribution is 0.731. The molecule has 0 aromatic carbocycles. The van der Waals surface area contributed by atoms with Crippen molar-refractivity contribution in [3.05, 3.63) is 17.7 Å². The van der Waals surface area contributed by atoms with E-state index in [9.17, 15) is 0 Å². The van der Waals surface area contributed by atoms with E-state index in [1.165, 1.54) is 0 Å². The summed E-state index contributed by atoms with van der Waals surface area (Å²) in [5.74, 6) is 1.80. The molecule has 0 N–H and O–H groups in total. The van der Waals surface area contributed by atoms with Gasteiger partial charge >= 0.3 is 0 Å². The van der Waals surface area contributed by atoms with Crippen LogP contribution in [0.1, 0.15) is 24.6 Å². The second kappa shape index (κ2) is 2.55. The fraction of sp³-hybridized carbons (Fsp3) is 0.375. The first-order chi connectivity index (χ1) is 5.79. The highest BCUT2D eigenvalue weighted by Gasteiger charge is 2.13. The molecule has 0 unspecified atom stereocenters. The van der Waals surface area contributed by atoms with E-state index in [0.717, 1.165) is 11.6 Å². The van der Waals surface area contributed by atoms with Crippen molar-refractivity contribution >= 4 is 12.4 Å². The van der Waals surface area contributed by atoms with Gasteiger partial charge in [0, 0.05) is 12.4 Å². The number of hydrogen-bond acceptors (Lipinski definition) is 3. The van der Waals surface area contributed by atoms with Crippen LogP contribution in [0.2, 0.25) is 0 Å². The summed E-state index contributed by atoms with van der Waals surface area (Å²) in [7, 11) is 0. The number of rotatable bonds is 0. The Hall–Kier alpha value is -1.45. The number of fused-ring (bicyclic) bond motifs is 1. The molecule has 0 aliphatic carbocycles. The normalized spacial score (nSPS) is 20.7. The molecule has 2 heterocycles. The molecule has 4 heteroatoms. The average molecular weight is 162 g/mol. The molecule has 1 aliphatic heterocycles. The third-order valence-electron chi connectivity index (χ3n) is 1.90. The van der Waals surface area contributed by atoms with Crippen molar-refractivity contribution < 1.29 is 0 Å². The van der Waals surface area contributed by atoms with Crippen molar-refractivity contribution in [3.63, 3.8) is 0 Å². The van der Waals surface area contributed by atoms with Gasteiger partial charge in [0.25, 0.3) is 0 Å². The minimum absolute atomic E-state index is 0.0983. The summed E-state index contributed by atoms with van der Waals surface area (Å²) in [4.78, 5) is 4.24. The molecule has 0 spiro atoms. The van der Waals surface area contributed by atoms with Crippen LogP contribution in [-0.2, 0) is 0 Å². The third kappa shape index (κ3) is 0.958. The van der Waals surface area contributed by atoms with Gasteiger partial charge in [0.2, 0.25) is 0 Å². The molecule has 0 saturated carbocycles. The second-order valence-corrected chi connectivity index (χ2v) is 2.79. The molecule has 1 aromatic rings. The number of aromatic nitrogens is 3. The summed E-state index contributed by atoms with van der Waals surface area (Å²) in [5, 5.41) is 8.02. The van der Waals surface area contributed by atoms with Gasteiger partial charge in [-0.1, -0.05) is 0 Å². The number of aliphatic imine (C=N–C) groups is 1. The molecule has 62 valence electrons. The fourth-order valence-corrected chi connectivity index (χ4v) is 1.22. The summed E-state index contributed by atoms with van der Waals surface area (Å²) in [6, 6.07) is 0.0983. The van der Waals surface area contributed by atoms with Crippen molar-refractivity contribution in [3.8, 4) is 0 Å². The van der Waals surface area contributed by atoms with E-state index in [1.807, 2.05) is 30.7 Å². The molecule has 2 rings (SSSR count). The smallest absolute Gasteiger partial charge is 0.161 e. The molecule has 0 radical (unpaired) electrons. The Morgan fingerprint density at radius 3 is 3.08 bits per heavy atom. The van der Waals surface area contributed by atoms with Gasteiger partial charge < -0.3 is 0 Å². The summed E-state index contributed by atoms with van der Waals surface area (Å²) in [5.41, 5.74) is 0. The van der Waals surface area contributed by atoms with Crippen LogP contribution < -0.4 is 0 Å². The highest BCUT2D eigenvalue weighted by molar-refractivity contribution is 5.76. The van der Waals surface area contributed by atoms with Gasteiger partial charge in [-0.2, -0.15) is 0 Å². The van der Waals surface area contributed by atoms with Crippen LogP contribution in [0.5, 0.6) is 0 Å². The van der Waals surface area contributed by atoms with E-state index in [2.05, 4.69) is 15.2 Å². The molecule has 0 bridgehead atoms. The SMILES string of the molecule is Cc1nnc2n1C=CC=N[C@H]2C. The van der Waals surface area contributed by atoms with E-state index in [4.69, 9.17) is 0 Å². The number of aryl methyl sites for hydroxylation is 1. The van der Waals surface area contributed by atoms with Crippen LogP contribution in [-0.4, -0.2) is 21.0 Å². The van der Waals surface area contributed by atoms with Crippen LogP contribution in [0.4, 0.5) is 0 Å². The lowest BCUT2D eigenvalue weighted by Crippen LogP contribution is -1.99. The Morgan fingerprint density at radius 2 is 2.25 bits per heavy atom. The Kier molecular flexibility index (Phi) is 1.53. The van der Waals surface area contributed by atoms with Gasteiger partial charge in [-0.25, -0.2) is 0 Å². The Morgan fingerprint density at radius 1 is 1.42 bits per heavy atom. The van der Waals surface area contributed by atoms with Crippen molar-refractivity contribution in [2.75, 3.05) is 0 Å². The van der Waals surface area contributed by atoms with Gasteiger partial charge in [-0.05, 0) is 19.9 Å². The molecule has 0 saturated heterocycles. The van der Waals surface area contributed by atoms with E-state index >= 15 is 0 Å². The Bertz CT molecular complexity index is 348. The quantitative estimate of drug-likeness (QED) is 0.575. The van der Waals surface area contributed by atoms with Crippen LogP contribution in [0.25, 0.3) is 6.20 Å². The maximum atomic E-state index is 4.24. The molecule has 4 nitrogen and oxygen atoms in total. The zero-order valence-electron chi connectivity index (χ0n) is 7.10. The first-order valence-corrected chi connectivity index (χ1v) is 3.90. The van der Waals surface area contributed by atoms with Crippen LogP contribution in [0, 0.1) is 6.92 Å². The zero-order valence-corrected chi connectivity index (χ0v) is 7.10. The predicted molar refractivity (Wildman–Crippen MR) is 47.0 cm³/mol. The van der Waals surface area contributed by atoms with Crippen LogP contribution in [0.3, 0.4) is 0 Å². The van der Waals surface area contributed by atoms with Crippen LogP contribution in [0.15, 0.2) is 11.1 Å². The maximum Gasteiger partial charge on any atom is 0.161 e. The van der Waals surface area contributed by atoms with Gasteiger partial charge in [0.05, 0.1) is 0 Å². The topological polar surface area (TPSA) is 43.1 Å². The molecule has 1 atom stereocenters. The van der Waals surface area contributed by atoms with E-state index < -0.39 is 0 Å². The monoisotopic (exact) mass is 162 g/mol. The molecule has 1 aliphatic rings. The lowest BCUT2D eigenvalue weighted by atomic mass is 10.3. The summed E-state index contributed by atoms with van der Waals surface area (Å²) >= 11 is 0. The number of hydrogen-bond donors (Lipinski definition) is 0. The Labute approximate surface area is 70.6 Å². The molecular formula is C8H10N4. The second-order valence-electron chi connectivity index (χ2n) is 2.79. The summed E-state index contributed by atoms with van der Waals surface area (Å²) < 4.78 is 1.96. The highest BCUT2D eigenvalue weighted by atomic mass is 15.3. The zero-order chi connectivity index (χ0) is 8.55. The van der Waals surface area contributed by atoms with E-state index in [0.29, 0.717) is 0 Å². The lowest BCUT2D eigenvalue weighted by Gasteiger charge is -2.03. The largest absolute Gasteiger partial charge is 0.288 e. The van der Waals surface area contributed by atoms with E-state index in [1.54, 1.807) is 6.21 Å². The van der Waals surface area contributed by atoms with Gasteiger partial charge in [0.15, 0.2) is 5.82 Å². The first-order valence-electron chi connectivity index (χ1n) is 3.90. The molecule has 1 aromatic heterocycles. The molecule has 0 fully saturated rings. The van der Waals surface area contributed by atoms with Gasteiger partial charge in [-0.15, -0.1) is 10.2 Å². The first kappa shape index (κ1) is 7.21. The van der Waals surface area contributed by atoms with Crippen molar-refractivity contribution in [1.29, 1.82) is 0 Å². The van der Waals surface area contributed by atoms with Crippen LogP contribution >= 0.6 is 0 Å². The van der Waals surface area contributed by atoms with Crippen molar-refractivity contribution in [2.45, 2.75) is 19.9 Å². The average Bonchev–Trinajstić information content (AvgIpc) is 2.30. The Balaban J connectivity index is 2.58. The van der Waals surface area contributed by atoms with Gasteiger partial charge in [0.1, 0.15) is 11.9 Å². The minimum Gasteiger partial charge on any atom is -0.288 e. The van der Waals surface area contributed by atoms with E-state index in [-0.39, 0.29) is 6.04 Å². The molecule has 12 heavy (non-hydrogen) atoms. The highest BCUT2D eigenvalue weighted by Crippen LogP contribution is 2.16. The van der Waals surface area contributed by atoms with Crippen molar-refractivity contribution in [2.24, 2.45) is 4.99 Å². The molecule has 0 amide bonds. The standard InChI is InChI=1S/C8H10N4/c1-6-8-11-10-7(2)12(8)5-3-4-9-6/h3-6H,1-2H3/t6-/m0/s1. The van der Waals surface area contributed by atoms with Crippen molar-refractivity contribution in [1.82, 2.24) is 14.8 Å². The number of allylic oxidation sites excluding steroid dienone is 1. The maximum absolute atomic E-state index is 4.24. The predicted octanol–water partition coefficient (Wildman–Crippen LogP) is 1.20. The fourth-order valence-electron chi connectivity index (χ4n) is 1.22. The van der Waals surface area contributed by atoms with Gasteiger partial charge in [-0.3, -0.25) is 9.56 Å².